The Labute approximate surface area is 181 Å². The van der Waals surface area contributed by atoms with Crippen LogP contribution in [0.3, 0.4) is 0 Å². The van der Waals surface area contributed by atoms with Gasteiger partial charge in [0.05, 0.1) is 16.3 Å². The first-order chi connectivity index (χ1) is 14.6. The zero-order valence-electron chi connectivity index (χ0n) is 17.5. The predicted molar refractivity (Wildman–Crippen MR) is 127 cm³/mol. The average Bonchev–Trinajstić information content (AvgIpc) is 3.36. The number of aromatic nitrogens is 3. The smallest absolute Gasteiger partial charge is 0.180 e. The Hall–Kier alpha value is -2.86. The summed E-state index contributed by atoms with van der Waals surface area (Å²) in [7, 11) is 0. The van der Waals surface area contributed by atoms with Gasteiger partial charge in [0.25, 0.3) is 0 Å². The molecule has 4 heterocycles. The first-order valence-electron chi connectivity index (χ1n) is 10.7. The van der Waals surface area contributed by atoms with E-state index in [0.29, 0.717) is 11.2 Å². The number of anilines is 2. The molecule has 0 saturated carbocycles. The SMILES string of the molecule is CCc1nc(N)sc1-c1ccc2[nH]cc(-c3cccc(N4CCCCC4C)n3)c2c1. The molecule has 1 unspecified atom stereocenters. The standard InChI is InChI=1S/C24H27N5S/c1-3-19-23(30-24(25)28-19)16-10-11-20-17(13-16)18(14-26-20)21-8-6-9-22(27-21)29-12-5-4-7-15(29)2/h6,8-11,13-15,26H,3-5,7,12H2,1-2H3,(H2,25,28). The fourth-order valence-corrected chi connectivity index (χ4v) is 5.40. The van der Waals surface area contributed by atoms with Gasteiger partial charge in [-0.25, -0.2) is 9.97 Å². The van der Waals surface area contributed by atoms with Gasteiger partial charge in [-0.3, -0.25) is 0 Å². The molecule has 1 aliphatic rings. The van der Waals surface area contributed by atoms with Crippen LogP contribution in [-0.4, -0.2) is 27.5 Å². The third kappa shape index (κ3) is 3.35. The summed E-state index contributed by atoms with van der Waals surface area (Å²) >= 11 is 1.56. The van der Waals surface area contributed by atoms with Crippen LogP contribution in [0.25, 0.3) is 32.6 Å². The summed E-state index contributed by atoms with van der Waals surface area (Å²) in [5.74, 6) is 1.08. The highest BCUT2D eigenvalue weighted by molar-refractivity contribution is 7.18. The van der Waals surface area contributed by atoms with E-state index >= 15 is 0 Å². The second kappa shape index (κ2) is 7.76. The Morgan fingerprint density at radius 1 is 1.20 bits per heavy atom. The van der Waals surface area contributed by atoms with E-state index in [9.17, 15) is 0 Å². The molecule has 1 saturated heterocycles. The molecule has 5 rings (SSSR count). The van der Waals surface area contributed by atoms with Crippen molar-refractivity contribution in [3.63, 3.8) is 0 Å². The number of nitrogens with two attached hydrogens (primary N) is 1. The van der Waals surface area contributed by atoms with E-state index in [4.69, 9.17) is 10.7 Å². The molecule has 6 heteroatoms. The number of H-pyrrole nitrogens is 1. The summed E-state index contributed by atoms with van der Waals surface area (Å²) in [5.41, 5.74) is 11.5. The van der Waals surface area contributed by atoms with Gasteiger partial charge < -0.3 is 15.6 Å². The maximum Gasteiger partial charge on any atom is 0.180 e. The molecule has 5 nitrogen and oxygen atoms in total. The van der Waals surface area contributed by atoms with Crippen molar-refractivity contribution in [1.82, 2.24) is 15.0 Å². The molecule has 0 radical (unpaired) electrons. The van der Waals surface area contributed by atoms with Gasteiger partial charge in [-0.05, 0) is 62.4 Å². The summed E-state index contributed by atoms with van der Waals surface area (Å²) in [4.78, 5) is 16.6. The molecule has 4 aromatic rings. The van der Waals surface area contributed by atoms with E-state index in [2.05, 4.69) is 71.3 Å². The van der Waals surface area contributed by atoms with Crippen LogP contribution in [0.15, 0.2) is 42.6 Å². The van der Waals surface area contributed by atoms with E-state index in [1.54, 1.807) is 11.3 Å². The lowest BCUT2D eigenvalue weighted by molar-refractivity contribution is 0.481. The topological polar surface area (TPSA) is 70.8 Å². The average molecular weight is 418 g/mol. The van der Waals surface area contributed by atoms with Gasteiger partial charge in [0.1, 0.15) is 5.82 Å². The Bertz CT molecular complexity index is 1190. The van der Waals surface area contributed by atoms with E-state index in [0.717, 1.165) is 51.7 Å². The number of fused-ring (bicyclic) bond motifs is 1. The Kier molecular flexibility index (Phi) is 4.95. The van der Waals surface area contributed by atoms with Crippen LogP contribution in [0.1, 0.15) is 38.8 Å². The third-order valence-electron chi connectivity index (χ3n) is 6.10. The molecule has 3 N–H and O–H groups in total. The highest BCUT2D eigenvalue weighted by Gasteiger charge is 2.20. The van der Waals surface area contributed by atoms with Crippen LogP contribution in [0.4, 0.5) is 10.9 Å². The van der Waals surface area contributed by atoms with Crippen LogP contribution in [0.2, 0.25) is 0 Å². The van der Waals surface area contributed by atoms with Crippen LogP contribution in [-0.2, 0) is 6.42 Å². The van der Waals surface area contributed by atoms with Gasteiger partial charge >= 0.3 is 0 Å². The minimum absolute atomic E-state index is 0.542. The fourth-order valence-electron chi connectivity index (χ4n) is 4.48. The number of rotatable bonds is 4. The number of nitrogens with one attached hydrogen (secondary N) is 1. The zero-order valence-corrected chi connectivity index (χ0v) is 18.3. The molecule has 1 aliphatic heterocycles. The lowest BCUT2D eigenvalue weighted by Gasteiger charge is -2.34. The lowest BCUT2D eigenvalue weighted by atomic mass is 10.0. The molecule has 0 amide bonds. The molecule has 1 fully saturated rings. The number of hydrogen-bond acceptors (Lipinski definition) is 5. The van der Waals surface area contributed by atoms with Crippen molar-refractivity contribution in [2.75, 3.05) is 17.2 Å². The number of piperidine rings is 1. The number of aryl methyl sites for hydroxylation is 1. The van der Waals surface area contributed by atoms with E-state index in [1.165, 1.54) is 24.6 Å². The molecule has 0 spiro atoms. The maximum atomic E-state index is 5.99. The molecule has 0 bridgehead atoms. The van der Waals surface area contributed by atoms with Crippen molar-refractivity contribution in [2.24, 2.45) is 0 Å². The van der Waals surface area contributed by atoms with Crippen molar-refractivity contribution in [3.8, 4) is 21.7 Å². The van der Waals surface area contributed by atoms with Crippen molar-refractivity contribution < 1.29 is 0 Å². The molecular weight excluding hydrogens is 390 g/mol. The number of nitrogen functional groups attached to an aromatic ring is 1. The van der Waals surface area contributed by atoms with E-state index < -0.39 is 0 Å². The summed E-state index contributed by atoms with van der Waals surface area (Å²) in [5, 5.41) is 1.80. The van der Waals surface area contributed by atoms with Crippen molar-refractivity contribution in [2.45, 2.75) is 45.6 Å². The number of pyridine rings is 1. The maximum absolute atomic E-state index is 5.99. The number of hydrogen-bond donors (Lipinski definition) is 2. The van der Waals surface area contributed by atoms with Crippen LogP contribution in [0, 0.1) is 0 Å². The van der Waals surface area contributed by atoms with Gasteiger partial charge in [0, 0.05) is 35.2 Å². The Morgan fingerprint density at radius 2 is 2.10 bits per heavy atom. The summed E-state index contributed by atoms with van der Waals surface area (Å²) in [6.45, 7) is 5.51. The van der Waals surface area contributed by atoms with Crippen LogP contribution >= 0.6 is 11.3 Å². The highest BCUT2D eigenvalue weighted by Crippen LogP contribution is 2.37. The number of thiazole rings is 1. The molecule has 1 atom stereocenters. The molecular formula is C24H27N5S. The van der Waals surface area contributed by atoms with Crippen molar-refractivity contribution in [3.05, 3.63) is 48.3 Å². The summed E-state index contributed by atoms with van der Waals surface area (Å²) in [6.07, 6.45) is 6.73. The van der Waals surface area contributed by atoms with Gasteiger partial charge in [0.2, 0.25) is 0 Å². The van der Waals surface area contributed by atoms with Crippen molar-refractivity contribution in [1.29, 1.82) is 0 Å². The summed E-state index contributed by atoms with van der Waals surface area (Å²) in [6, 6.07) is 13.4. The lowest BCUT2D eigenvalue weighted by Crippen LogP contribution is -2.37. The second-order valence-electron chi connectivity index (χ2n) is 8.06. The highest BCUT2D eigenvalue weighted by atomic mass is 32.1. The molecule has 154 valence electrons. The van der Waals surface area contributed by atoms with Crippen molar-refractivity contribution >= 4 is 33.2 Å². The number of aromatic amines is 1. The minimum Gasteiger partial charge on any atom is -0.375 e. The monoisotopic (exact) mass is 417 g/mol. The second-order valence-corrected chi connectivity index (χ2v) is 9.09. The quantitative estimate of drug-likeness (QED) is 0.435. The van der Waals surface area contributed by atoms with E-state index in [-0.39, 0.29) is 0 Å². The van der Waals surface area contributed by atoms with Gasteiger partial charge in [-0.1, -0.05) is 30.4 Å². The Morgan fingerprint density at radius 3 is 2.93 bits per heavy atom. The molecule has 0 aliphatic carbocycles. The third-order valence-corrected chi connectivity index (χ3v) is 7.08. The number of benzene rings is 1. The van der Waals surface area contributed by atoms with Crippen LogP contribution < -0.4 is 10.6 Å². The fraction of sp³-hybridized carbons (Fsp3) is 0.333. The van der Waals surface area contributed by atoms with Gasteiger partial charge in [-0.2, -0.15) is 0 Å². The Balaban J connectivity index is 1.57. The molecule has 30 heavy (non-hydrogen) atoms. The zero-order chi connectivity index (χ0) is 20.7. The first kappa shape index (κ1) is 19.1. The largest absolute Gasteiger partial charge is 0.375 e. The van der Waals surface area contributed by atoms with Crippen LogP contribution in [0.5, 0.6) is 0 Å². The van der Waals surface area contributed by atoms with Gasteiger partial charge in [-0.15, -0.1) is 0 Å². The molecule has 1 aromatic carbocycles. The van der Waals surface area contributed by atoms with E-state index in [1.807, 2.05) is 0 Å². The normalized spacial score (nSPS) is 17.0. The summed E-state index contributed by atoms with van der Waals surface area (Å²) < 4.78 is 0. The number of nitrogens with zero attached hydrogens (tertiary/aromatic N) is 3. The molecule has 3 aromatic heterocycles. The minimum atomic E-state index is 0.542. The predicted octanol–water partition coefficient (Wildman–Crippen LogP) is 5.88. The first-order valence-corrected chi connectivity index (χ1v) is 11.6. The van der Waals surface area contributed by atoms with Gasteiger partial charge in [0.15, 0.2) is 5.13 Å².